The van der Waals surface area contributed by atoms with Gasteiger partial charge < -0.3 is 20.5 Å². The molecule has 1 atom stereocenters. The Hall–Kier alpha value is -4.64. The molecule has 0 radical (unpaired) electrons. The maximum atomic E-state index is 14.6. The van der Waals surface area contributed by atoms with Gasteiger partial charge in [-0.25, -0.2) is 19.2 Å². The van der Waals surface area contributed by atoms with Crippen molar-refractivity contribution in [3.8, 4) is 17.6 Å². The van der Waals surface area contributed by atoms with E-state index in [0.29, 0.717) is 46.6 Å². The smallest absolute Gasteiger partial charge is 0.355 e. The lowest BCUT2D eigenvalue weighted by molar-refractivity contribution is 0.0690. The Balaban J connectivity index is 1.16. The molecular weight excluding hydrogens is 614 g/mol. The zero-order valence-corrected chi connectivity index (χ0v) is 26.9. The number of hydrogen-bond donors (Lipinski definition) is 3. The molecule has 45 heavy (non-hydrogen) atoms. The van der Waals surface area contributed by atoms with E-state index >= 15 is 0 Å². The van der Waals surface area contributed by atoms with Crippen molar-refractivity contribution in [1.82, 2.24) is 25.1 Å². The number of anilines is 3. The molecule has 10 nitrogen and oxygen atoms in total. The van der Waals surface area contributed by atoms with Crippen molar-refractivity contribution in [2.45, 2.75) is 26.8 Å². The zero-order valence-electron chi connectivity index (χ0n) is 25.2. The topological polar surface area (TPSA) is 125 Å². The molecule has 232 valence electrons. The van der Waals surface area contributed by atoms with Crippen LogP contribution < -0.4 is 15.4 Å². The number of carboxylic acid groups (broad SMARTS) is 1. The molecule has 5 rings (SSSR count). The first-order valence-corrected chi connectivity index (χ1v) is 15.8. The number of rotatable bonds is 12. The standard InChI is InChI=1S/C32H32FN7O3S2/c1-19(18-43-25-12-11-21(16-23(25)33)8-7-13-40(3)4)14-27-28(30(41)42)36-31(45-27)34-17-22-15-20(2)29(39-38-22)37-32-35-24-9-5-6-10-26(24)44-32/h5-6,9-12,15-16,19H,13-14,17-18H2,1-4H3,(H,34,36)(H,41,42)(H,35,37,39). The first kappa shape index (κ1) is 31.8. The molecule has 1 unspecified atom stereocenters. The summed E-state index contributed by atoms with van der Waals surface area (Å²) in [6.45, 7) is 4.95. The lowest BCUT2D eigenvalue weighted by atomic mass is 10.1. The second-order valence-corrected chi connectivity index (χ2v) is 12.8. The van der Waals surface area contributed by atoms with E-state index in [0.717, 1.165) is 20.9 Å². The van der Waals surface area contributed by atoms with Crippen LogP contribution in [0.15, 0.2) is 48.5 Å². The number of aromatic nitrogens is 4. The highest BCUT2D eigenvalue weighted by molar-refractivity contribution is 7.22. The molecule has 0 amide bonds. The van der Waals surface area contributed by atoms with Crippen molar-refractivity contribution in [2.24, 2.45) is 5.92 Å². The molecule has 0 saturated carbocycles. The molecule has 3 aromatic heterocycles. The Kier molecular flexibility index (Phi) is 10.2. The van der Waals surface area contributed by atoms with Crippen LogP contribution in [-0.4, -0.2) is 63.4 Å². The molecule has 0 saturated heterocycles. The first-order chi connectivity index (χ1) is 21.6. The molecule has 0 aliphatic carbocycles. The minimum atomic E-state index is -1.11. The second kappa shape index (κ2) is 14.4. The number of aryl methyl sites for hydroxylation is 1. The molecule has 0 spiro atoms. The van der Waals surface area contributed by atoms with E-state index in [1.165, 1.54) is 17.4 Å². The Labute approximate surface area is 268 Å². The summed E-state index contributed by atoms with van der Waals surface area (Å²) >= 11 is 2.80. The van der Waals surface area contributed by atoms with Gasteiger partial charge in [0.25, 0.3) is 0 Å². The third-order valence-corrected chi connectivity index (χ3v) is 8.48. The van der Waals surface area contributed by atoms with Gasteiger partial charge in [-0.2, -0.15) is 5.10 Å². The molecule has 0 bridgehead atoms. The van der Waals surface area contributed by atoms with Crippen molar-refractivity contribution >= 4 is 54.9 Å². The summed E-state index contributed by atoms with van der Waals surface area (Å²) in [5, 5.41) is 26.0. The van der Waals surface area contributed by atoms with Crippen LogP contribution >= 0.6 is 22.7 Å². The number of fused-ring (bicyclic) bond motifs is 1. The number of benzene rings is 2. The number of nitrogens with zero attached hydrogens (tertiary/aromatic N) is 5. The van der Waals surface area contributed by atoms with Crippen molar-refractivity contribution < 1.29 is 19.0 Å². The van der Waals surface area contributed by atoms with Crippen LogP contribution in [0.3, 0.4) is 0 Å². The average Bonchev–Trinajstić information content (AvgIpc) is 3.60. The fraction of sp³-hybridized carbons (Fsp3) is 0.281. The molecule has 0 aliphatic heterocycles. The van der Waals surface area contributed by atoms with E-state index < -0.39 is 11.8 Å². The number of nitrogens with one attached hydrogen (secondary N) is 2. The second-order valence-electron chi connectivity index (χ2n) is 10.7. The van der Waals surface area contributed by atoms with Gasteiger partial charge in [0, 0.05) is 10.4 Å². The SMILES string of the molecule is Cc1cc(CNc2nc(C(=O)O)c(CC(C)COc3ccc(C#CCN(C)C)cc3F)s2)nnc1Nc1nc2ccccc2s1. The first-order valence-electron chi connectivity index (χ1n) is 14.1. The summed E-state index contributed by atoms with van der Waals surface area (Å²) < 4.78 is 21.4. The normalized spacial score (nSPS) is 11.7. The molecule has 3 N–H and O–H groups in total. The Morgan fingerprint density at radius 2 is 1.93 bits per heavy atom. The quantitative estimate of drug-likeness (QED) is 0.135. The third-order valence-electron chi connectivity index (χ3n) is 6.49. The maximum Gasteiger partial charge on any atom is 0.355 e. The van der Waals surface area contributed by atoms with Gasteiger partial charge in [-0.3, -0.25) is 4.90 Å². The minimum absolute atomic E-state index is 0.0150. The minimum Gasteiger partial charge on any atom is -0.490 e. The lowest BCUT2D eigenvalue weighted by Crippen LogP contribution is -2.13. The number of carbonyl (C=O) groups is 1. The van der Waals surface area contributed by atoms with Crippen LogP contribution in [0, 0.1) is 30.5 Å². The third kappa shape index (κ3) is 8.51. The van der Waals surface area contributed by atoms with Crippen LogP contribution in [0.1, 0.15) is 39.1 Å². The van der Waals surface area contributed by atoms with E-state index in [1.807, 2.05) is 63.2 Å². The molecule has 5 aromatic rings. The summed E-state index contributed by atoms with van der Waals surface area (Å²) in [4.78, 5) is 23.3. The van der Waals surface area contributed by atoms with Crippen LogP contribution in [0.2, 0.25) is 0 Å². The van der Waals surface area contributed by atoms with E-state index in [2.05, 4.69) is 42.6 Å². The highest BCUT2D eigenvalue weighted by Crippen LogP contribution is 2.29. The molecule has 3 heterocycles. The highest BCUT2D eigenvalue weighted by atomic mass is 32.1. The predicted molar refractivity (Wildman–Crippen MR) is 176 cm³/mol. The summed E-state index contributed by atoms with van der Waals surface area (Å²) in [6, 6.07) is 14.4. The average molecular weight is 646 g/mol. The summed E-state index contributed by atoms with van der Waals surface area (Å²) in [7, 11) is 3.83. The van der Waals surface area contributed by atoms with E-state index in [4.69, 9.17) is 4.74 Å². The van der Waals surface area contributed by atoms with Crippen molar-refractivity contribution in [3.63, 3.8) is 0 Å². The summed E-state index contributed by atoms with van der Waals surface area (Å²) in [5.74, 6) is 4.95. The molecule has 0 aliphatic rings. The number of carboxylic acids is 1. The van der Waals surface area contributed by atoms with Crippen LogP contribution in [-0.2, 0) is 13.0 Å². The van der Waals surface area contributed by atoms with Gasteiger partial charge in [0.15, 0.2) is 33.3 Å². The van der Waals surface area contributed by atoms with E-state index in [9.17, 15) is 14.3 Å². The van der Waals surface area contributed by atoms with Crippen molar-refractivity contribution in [3.05, 3.63) is 81.7 Å². The van der Waals surface area contributed by atoms with Gasteiger partial charge in [0.05, 0.1) is 35.6 Å². The fourth-order valence-electron chi connectivity index (χ4n) is 4.28. The van der Waals surface area contributed by atoms with Gasteiger partial charge >= 0.3 is 5.97 Å². The Morgan fingerprint density at radius 1 is 1.11 bits per heavy atom. The monoisotopic (exact) mass is 645 g/mol. The molecule has 0 fully saturated rings. The number of hydrogen-bond acceptors (Lipinski definition) is 11. The maximum absolute atomic E-state index is 14.6. The van der Waals surface area contributed by atoms with Gasteiger partial charge in [0.2, 0.25) is 0 Å². The highest BCUT2D eigenvalue weighted by Gasteiger charge is 2.20. The number of thiazole rings is 2. The van der Waals surface area contributed by atoms with Gasteiger partial charge in [-0.05, 0) is 75.3 Å². The number of aromatic carboxylic acids is 1. The van der Waals surface area contributed by atoms with Crippen LogP contribution in [0.5, 0.6) is 5.75 Å². The Bertz CT molecular complexity index is 1850. The predicted octanol–water partition coefficient (Wildman–Crippen LogP) is 6.21. The number of halogens is 1. The number of para-hydroxylation sites is 1. The van der Waals surface area contributed by atoms with E-state index in [-0.39, 0.29) is 24.0 Å². The lowest BCUT2D eigenvalue weighted by Gasteiger charge is -2.13. The summed E-state index contributed by atoms with van der Waals surface area (Å²) in [6.07, 6.45) is 0.405. The molecule has 2 aromatic carbocycles. The summed E-state index contributed by atoms with van der Waals surface area (Å²) in [5.41, 5.74) is 3.05. The van der Waals surface area contributed by atoms with E-state index in [1.54, 1.807) is 23.5 Å². The fourth-order valence-corrected chi connectivity index (χ4v) is 6.26. The van der Waals surface area contributed by atoms with Crippen molar-refractivity contribution in [1.29, 1.82) is 0 Å². The van der Waals surface area contributed by atoms with Gasteiger partial charge in [-0.1, -0.05) is 42.2 Å². The zero-order chi connectivity index (χ0) is 31.9. The van der Waals surface area contributed by atoms with Crippen molar-refractivity contribution in [2.75, 3.05) is 37.9 Å². The van der Waals surface area contributed by atoms with Crippen LogP contribution in [0.25, 0.3) is 10.2 Å². The molecular formula is C32H32FN7O3S2. The Morgan fingerprint density at radius 3 is 2.67 bits per heavy atom. The van der Waals surface area contributed by atoms with Crippen LogP contribution in [0.4, 0.5) is 20.5 Å². The molecule has 13 heteroatoms. The largest absolute Gasteiger partial charge is 0.490 e. The number of ether oxygens (including phenoxy) is 1. The van der Waals surface area contributed by atoms with Gasteiger partial charge in [-0.15, -0.1) is 16.4 Å². The van der Waals surface area contributed by atoms with Gasteiger partial charge in [0.1, 0.15) is 0 Å².